The molecule has 0 amide bonds. The molecule has 3 aromatic rings. The molecule has 1 aliphatic heterocycles. The highest BCUT2D eigenvalue weighted by molar-refractivity contribution is 6.37. The number of alkyl halides is 1. The van der Waals surface area contributed by atoms with E-state index in [1.54, 1.807) is 42.5 Å². The Kier molecular flexibility index (Phi) is 6.47. The number of carbonyl (C=O) groups is 2. The lowest BCUT2D eigenvalue weighted by atomic mass is 9.87. The molecule has 8 heteroatoms. The zero-order chi connectivity index (χ0) is 24.3. The Morgan fingerprint density at radius 1 is 1.12 bits per heavy atom. The number of rotatable bonds is 7. The van der Waals surface area contributed by atoms with E-state index in [9.17, 15) is 19.7 Å². The second kappa shape index (κ2) is 9.49. The maximum absolute atomic E-state index is 13.3. The van der Waals surface area contributed by atoms with Crippen LogP contribution >= 0.6 is 11.6 Å². The van der Waals surface area contributed by atoms with Gasteiger partial charge in [0, 0.05) is 5.56 Å². The number of benzene rings is 3. The first kappa shape index (κ1) is 23.2. The number of ketones is 1. The van der Waals surface area contributed by atoms with E-state index in [0.29, 0.717) is 12.0 Å². The summed E-state index contributed by atoms with van der Waals surface area (Å²) in [6.45, 7) is 3.71. The van der Waals surface area contributed by atoms with Crippen molar-refractivity contribution in [3.63, 3.8) is 0 Å². The average Bonchev–Trinajstić information content (AvgIpc) is 2.85. The first-order valence-corrected chi connectivity index (χ1v) is 10.8. The summed E-state index contributed by atoms with van der Waals surface area (Å²) in [5.41, 5.74) is 1.51. The minimum atomic E-state index is -2.67. The number of halogens is 1. The van der Waals surface area contributed by atoms with E-state index in [1.807, 2.05) is 18.2 Å². The number of ether oxygens (including phenoxy) is 2. The molecule has 4 rings (SSSR count). The van der Waals surface area contributed by atoms with Gasteiger partial charge in [-0.3, -0.25) is 14.9 Å². The number of Topliss-reactive ketones (excluding diaryl/α,β-unsaturated/α-hetero) is 1. The lowest BCUT2D eigenvalue weighted by Gasteiger charge is -2.34. The van der Waals surface area contributed by atoms with Crippen molar-refractivity contribution < 1.29 is 24.0 Å². The van der Waals surface area contributed by atoms with Gasteiger partial charge >= 0.3 is 11.0 Å². The Morgan fingerprint density at radius 2 is 1.82 bits per heavy atom. The zero-order valence-corrected chi connectivity index (χ0v) is 18.7. The average molecular weight is 478 g/mol. The van der Waals surface area contributed by atoms with Crippen molar-refractivity contribution in [2.24, 2.45) is 0 Å². The lowest BCUT2D eigenvalue weighted by molar-refractivity contribution is -0.536. The van der Waals surface area contributed by atoms with Gasteiger partial charge in [-0.15, -0.1) is 6.58 Å². The minimum absolute atomic E-state index is 0.00596. The third-order valence-corrected chi connectivity index (χ3v) is 6.06. The molecule has 7 nitrogen and oxygen atoms in total. The van der Waals surface area contributed by atoms with Crippen LogP contribution in [0.15, 0.2) is 85.5 Å². The number of esters is 1. The summed E-state index contributed by atoms with van der Waals surface area (Å²) in [6, 6.07) is 19.9. The van der Waals surface area contributed by atoms with Crippen molar-refractivity contribution in [2.45, 2.75) is 24.1 Å². The molecule has 0 saturated heterocycles. The predicted octanol–water partition coefficient (Wildman–Crippen LogP) is 5.30. The third kappa shape index (κ3) is 4.06. The van der Waals surface area contributed by atoms with Crippen LogP contribution in [0.25, 0.3) is 0 Å². The van der Waals surface area contributed by atoms with Crippen LogP contribution in [0.3, 0.4) is 0 Å². The fourth-order valence-electron chi connectivity index (χ4n) is 3.88. The summed E-state index contributed by atoms with van der Waals surface area (Å²) in [5.74, 6) is -1.45. The molecule has 0 N–H and O–H groups in total. The highest BCUT2D eigenvalue weighted by Gasteiger charge is 2.63. The maximum Gasteiger partial charge on any atom is 0.397 e. The van der Waals surface area contributed by atoms with Gasteiger partial charge in [-0.2, -0.15) is 0 Å². The monoisotopic (exact) mass is 477 g/mol. The predicted molar refractivity (Wildman–Crippen MR) is 126 cm³/mol. The molecular formula is C26H20ClNO6. The second-order valence-electron chi connectivity index (χ2n) is 7.69. The molecule has 172 valence electrons. The van der Waals surface area contributed by atoms with Gasteiger partial charge in [0.05, 0.1) is 16.1 Å². The van der Waals surface area contributed by atoms with Crippen LogP contribution in [0.4, 0.5) is 0 Å². The van der Waals surface area contributed by atoms with Gasteiger partial charge < -0.3 is 9.47 Å². The molecule has 0 saturated carbocycles. The van der Waals surface area contributed by atoms with E-state index >= 15 is 0 Å². The third-order valence-electron chi connectivity index (χ3n) is 5.55. The van der Waals surface area contributed by atoms with Gasteiger partial charge in [-0.05, 0) is 41.3 Å². The minimum Gasteiger partial charge on any atom is -0.475 e. The van der Waals surface area contributed by atoms with Crippen molar-refractivity contribution in [1.29, 1.82) is 0 Å². The smallest absolute Gasteiger partial charge is 0.397 e. The molecule has 0 radical (unpaired) electrons. The number of para-hydroxylation sites is 1. The molecule has 2 atom stereocenters. The summed E-state index contributed by atoms with van der Waals surface area (Å²) >= 11 is 6.42. The number of hydrogen-bond donors (Lipinski definition) is 0. The first-order valence-electron chi connectivity index (χ1n) is 10.5. The highest BCUT2D eigenvalue weighted by Crippen LogP contribution is 2.47. The van der Waals surface area contributed by atoms with Gasteiger partial charge in [0.15, 0.2) is 0 Å². The molecule has 0 aliphatic carbocycles. The maximum atomic E-state index is 13.3. The number of allylic oxidation sites excluding steroid dienone is 1. The molecule has 0 unspecified atom stereocenters. The Bertz CT molecular complexity index is 1280. The molecule has 0 bridgehead atoms. The van der Waals surface area contributed by atoms with Crippen molar-refractivity contribution in [2.75, 3.05) is 0 Å². The fourth-order valence-corrected chi connectivity index (χ4v) is 4.15. The second-order valence-corrected chi connectivity index (χ2v) is 8.27. The number of hydrogen-bond acceptors (Lipinski definition) is 6. The Morgan fingerprint density at radius 3 is 2.53 bits per heavy atom. The van der Waals surface area contributed by atoms with E-state index in [0.717, 1.165) is 5.56 Å². The van der Waals surface area contributed by atoms with Crippen LogP contribution in [-0.2, 0) is 17.8 Å². The summed E-state index contributed by atoms with van der Waals surface area (Å²) in [6.07, 6.45) is 0.428. The molecular weight excluding hydrogens is 458 g/mol. The van der Waals surface area contributed by atoms with Gasteiger partial charge in [-0.1, -0.05) is 66.7 Å². The van der Waals surface area contributed by atoms with Crippen LogP contribution in [-0.4, -0.2) is 21.7 Å². The van der Waals surface area contributed by atoms with Gasteiger partial charge in [0.25, 0.3) is 5.78 Å². The number of nitro groups is 1. The Hall–Kier alpha value is -3.97. The number of carbonyl (C=O) groups excluding carboxylic acids is 2. The van der Waals surface area contributed by atoms with E-state index in [4.69, 9.17) is 21.1 Å². The summed E-state index contributed by atoms with van der Waals surface area (Å²) in [5, 5.41) is 12.1. The topological polar surface area (TPSA) is 95.7 Å². The van der Waals surface area contributed by atoms with Crippen LogP contribution in [0.5, 0.6) is 5.75 Å². The standard InChI is InChI=1S/C26H20ClNO6/c1-2-9-18-12-8-15-21-22(18)34-24(26(27,23(21)29)28(31)32)19-13-6-7-14-20(19)25(30)33-16-17-10-4-3-5-11-17/h2-8,10-15,24H,1,9,16H2/t24-,26+/m0/s1. The van der Waals surface area contributed by atoms with E-state index in [-0.39, 0.29) is 29.0 Å². The highest BCUT2D eigenvalue weighted by atomic mass is 35.5. The molecule has 3 aromatic carbocycles. The Labute approximate surface area is 200 Å². The number of nitrogens with zero attached hydrogens (tertiary/aromatic N) is 1. The van der Waals surface area contributed by atoms with E-state index in [1.165, 1.54) is 18.2 Å². The SMILES string of the molecule is C=CCc1cccc2c1O[C@@H](c1ccccc1C(=O)OCc1ccccc1)[C@](Cl)([N+](=O)[O-])C2=O. The van der Waals surface area contributed by atoms with Crippen LogP contribution < -0.4 is 4.74 Å². The largest absolute Gasteiger partial charge is 0.475 e. The van der Waals surface area contributed by atoms with Gasteiger partial charge in [-0.25, -0.2) is 4.79 Å². The van der Waals surface area contributed by atoms with Crippen molar-refractivity contribution >= 4 is 23.4 Å². The van der Waals surface area contributed by atoms with E-state index < -0.39 is 27.8 Å². The van der Waals surface area contributed by atoms with Crippen LogP contribution in [0.2, 0.25) is 0 Å². The summed E-state index contributed by atoms with van der Waals surface area (Å²) < 4.78 is 11.5. The van der Waals surface area contributed by atoms with Crippen LogP contribution in [0, 0.1) is 10.1 Å². The fraction of sp³-hybridized carbons (Fsp3) is 0.154. The molecule has 1 heterocycles. The van der Waals surface area contributed by atoms with Crippen LogP contribution in [0.1, 0.15) is 43.5 Å². The normalized spacial score (nSPS) is 19.0. The van der Waals surface area contributed by atoms with E-state index in [2.05, 4.69) is 6.58 Å². The molecule has 0 spiro atoms. The first-order chi connectivity index (χ1) is 16.4. The summed E-state index contributed by atoms with van der Waals surface area (Å²) in [7, 11) is 0. The zero-order valence-electron chi connectivity index (χ0n) is 18.0. The van der Waals surface area contributed by atoms with Crippen molar-refractivity contribution in [3.05, 3.63) is 123 Å². The molecule has 0 aromatic heterocycles. The number of fused-ring (bicyclic) bond motifs is 1. The molecule has 1 aliphatic rings. The van der Waals surface area contributed by atoms with Gasteiger partial charge in [0.2, 0.25) is 6.10 Å². The van der Waals surface area contributed by atoms with Gasteiger partial charge in [0.1, 0.15) is 12.4 Å². The summed E-state index contributed by atoms with van der Waals surface area (Å²) in [4.78, 5) is 34.9. The van der Waals surface area contributed by atoms with Crippen molar-refractivity contribution in [1.82, 2.24) is 0 Å². The lowest BCUT2D eigenvalue weighted by Crippen LogP contribution is -2.51. The molecule has 0 fully saturated rings. The Balaban J connectivity index is 1.77. The quantitative estimate of drug-likeness (QED) is 0.114. The van der Waals surface area contributed by atoms with Crippen molar-refractivity contribution in [3.8, 4) is 5.75 Å². The molecule has 34 heavy (non-hydrogen) atoms.